The van der Waals surface area contributed by atoms with Gasteiger partial charge >= 0.3 is 18.4 Å². The zero-order chi connectivity index (χ0) is 51.3. The van der Waals surface area contributed by atoms with E-state index in [1.165, 1.54) is 0 Å². The molecule has 6 heterocycles. The lowest BCUT2D eigenvalue weighted by atomic mass is 10.4. The molecule has 31 heteroatoms. The maximum Gasteiger partial charge on any atom is 0.560 e. The summed E-state index contributed by atoms with van der Waals surface area (Å²) in [5.41, 5.74) is 0. The second-order valence-corrected chi connectivity index (χ2v) is 12.1. The van der Waals surface area contributed by atoms with E-state index in [0.29, 0.717) is 4.90 Å². The zero-order valence-corrected chi connectivity index (χ0v) is 37.4. The van der Waals surface area contributed by atoms with Gasteiger partial charge in [0, 0.05) is 84.2 Å². The van der Waals surface area contributed by atoms with Crippen molar-refractivity contribution in [2.45, 2.75) is 91.9 Å². The van der Waals surface area contributed by atoms with E-state index in [2.05, 4.69) is 24.1 Å². The van der Waals surface area contributed by atoms with Gasteiger partial charge in [-0.2, -0.15) is 56.4 Å². The third kappa shape index (κ3) is 21.2. The molecule has 2 N–H and O–H groups in total. The number of carbonyl (C=O) groups excluding carboxylic acids is 15. The van der Waals surface area contributed by atoms with Crippen LogP contribution < -0.4 is 0 Å². The lowest BCUT2D eigenvalue weighted by Crippen LogP contribution is -2.37. The molecule has 13 amide bonds. The molecule has 6 aliphatic heterocycles. The van der Waals surface area contributed by atoms with Gasteiger partial charge in [0.05, 0.1) is 7.11 Å². The first-order valence-corrected chi connectivity index (χ1v) is 20.9. The summed E-state index contributed by atoms with van der Waals surface area (Å²) in [5, 5.41) is 16.6. The second-order valence-electron chi connectivity index (χ2n) is 11.3. The summed E-state index contributed by atoms with van der Waals surface area (Å²) >= 11 is 3.75. The highest BCUT2D eigenvalue weighted by Crippen LogP contribution is 2.18. The summed E-state index contributed by atoms with van der Waals surface area (Å²) in [5.74, 6) is -7.45. The molecule has 0 bridgehead atoms. The van der Waals surface area contributed by atoms with Crippen molar-refractivity contribution >= 4 is 126 Å². The Balaban J connectivity index is -0.000000382. The number of thiol groups is 2. The standard InChI is InChI=1S/2C9H8N2O7.C6H7NO4.C4H5NO3.C2H6S.CH4O.2CH4S.2CH4/c2*12-5-1-2-6(13)10(5)17-9(16)18-11-7(14)3-4-8(11)15;1-11-6(10)7-4(8)2-3-5(7)9;6-3-1-2-4(7)5(3)8;1-3-2;3*1-2;;/h2*1-4H2;2-3H2,1H3;8H,1-2H2;1-2H3;3*2H,1H3;2*1H4/i/hD2. The Labute approximate surface area is 395 Å². The number of amides is 13. The fourth-order valence-electron chi connectivity index (χ4n) is 4.40. The normalized spacial score (nSPS) is 17.1. The Morgan fingerprint density at radius 1 is 0.470 bits per heavy atom. The van der Waals surface area contributed by atoms with E-state index in [9.17, 15) is 71.9 Å². The number of aliphatic hydroxyl groups excluding tert-OH is 1. The van der Waals surface area contributed by atoms with E-state index in [1.807, 2.05) is 12.5 Å². The van der Waals surface area contributed by atoms with Crippen molar-refractivity contribution in [1.82, 2.24) is 30.2 Å². The summed E-state index contributed by atoms with van der Waals surface area (Å²) in [6.45, 7) is 0. The lowest BCUT2D eigenvalue weighted by Gasteiger charge is -2.15. The van der Waals surface area contributed by atoms with E-state index in [1.54, 1.807) is 24.3 Å². The lowest BCUT2D eigenvalue weighted by molar-refractivity contribution is -0.199. The number of hydroxylamine groups is 10. The van der Waals surface area contributed by atoms with Gasteiger partial charge in [-0.1, -0.05) is 35.1 Å². The number of likely N-dealkylation sites (tertiary alicyclic amines) is 1. The van der Waals surface area contributed by atoms with Gasteiger partial charge in [-0.15, -0.1) is 0 Å². The van der Waals surface area contributed by atoms with Gasteiger partial charge in [0.1, 0.15) is 2.25 Å². The minimum absolute atomic E-state index is 0. The monoisotopic (exact) mass is 1010 g/mol. The maximum atomic E-state index is 11.2. The summed E-state index contributed by atoms with van der Waals surface area (Å²) in [6.07, 6.45) is 3.65. The van der Waals surface area contributed by atoms with Gasteiger partial charge in [0.25, 0.3) is 59.1 Å². The SMILES string of the molecule is C.C.CO.COC(=O)N1C(=O)CCC1=O.CSC.O=C(ON1C(=O)CCC1=O)ON1C(=O)CCC1=O.O=C(ON1C(=O)CCC1=O)ON1C(=O)CCC1=O.O=C1CCC(=O)N1O.[2H]SC.[2H]SC. The highest BCUT2D eigenvalue weighted by Gasteiger charge is 2.39. The van der Waals surface area contributed by atoms with Crippen LogP contribution in [0.15, 0.2) is 0 Å². The number of carbonyl (C=O) groups is 15. The first kappa shape index (κ1) is 61.9. The number of nitrogens with zero attached hydrogens (tertiary/aromatic N) is 6. The van der Waals surface area contributed by atoms with Gasteiger partial charge in [-0.3, -0.25) is 82.1 Å². The molecule has 0 aromatic carbocycles. The van der Waals surface area contributed by atoms with Crippen LogP contribution in [0.4, 0.5) is 14.4 Å². The van der Waals surface area contributed by atoms with Gasteiger partial charge < -0.3 is 9.84 Å². The van der Waals surface area contributed by atoms with Crippen LogP contribution >= 0.6 is 36.8 Å². The quantitative estimate of drug-likeness (QED) is 0.173. The highest BCUT2D eigenvalue weighted by atomic mass is 32.2. The van der Waals surface area contributed by atoms with Crippen molar-refractivity contribution in [2.75, 3.05) is 39.2 Å². The number of hydrogen-bond acceptors (Lipinski definition) is 25. The Bertz CT molecular complexity index is 1580. The number of hydrogen-bond donors (Lipinski definition) is 4. The molecule has 0 saturated carbocycles. The van der Waals surface area contributed by atoms with Crippen LogP contribution in [0.2, 0.25) is 0 Å². The molecule has 0 aromatic heterocycles. The largest absolute Gasteiger partial charge is 0.560 e. The molecular formula is C35H54N6O22S3. The van der Waals surface area contributed by atoms with E-state index < -0.39 is 89.3 Å². The van der Waals surface area contributed by atoms with E-state index in [4.69, 9.17) is 12.6 Å². The summed E-state index contributed by atoms with van der Waals surface area (Å²) in [6, 6.07) is 0. The molecule has 374 valence electrons. The molecule has 6 aliphatic rings. The Morgan fingerprint density at radius 3 is 0.788 bits per heavy atom. The molecule has 0 unspecified atom stereocenters. The first-order chi connectivity index (χ1) is 31.1. The third-order valence-corrected chi connectivity index (χ3v) is 7.12. The maximum absolute atomic E-state index is 11.2. The van der Waals surface area contributed by atoms with Crippen LogP contribution in [-0.4, -0.2) is 171 Å². The first-order valence-electron chi connectivity index (χ1n) is 18.5. The molecule has 0 radical (unpaired) electrons. The third-order valence-electron chi connectivity index (χ3n) is 7.12. The minimum Gasteiger partial charge on any atom is -0.452 e. The molecule has 0 aromatic rings. The highest BCUT2D eigenvalue weighted by molar-refractivity contribution is 7.97. The van der Waals surface area contributed by atoms with Crippen LogP contribution in [0.3, 0.4) is 0 Å². The van der Waals surface area contributed by atoms with Crippen molar-refractivity contribution in [3.05, 3.63) is 0 Å². The van der Waals surface area contributed by atoms with Crippen LogP contribution in [-0.2, 0) is 81.6 Å². The molecule has 6 fully saturated rings. The number of thioether (sulfide) groups is 1. The molecule has 6 saturated heterocycles. The average Bonchev–Trinajstić information content (AvgIpc) is 4.11. The summed E-state index contributed by atoms with van der Waals surface area (Å²) in [4.78, 5) is 182. The minimum atomic E-state index is -1.48. The predicted octanol–water partition coefficient (Wildman–Crippen LogP) is 0.914. The van der Waals surface area contributed by atoms with Crippen LogP contribution in [0.5, 0.6) is 0 Å². The number of rotatable bonds is 4. The zero-order valence-electron chi connectivity index (χ0n) is 37.0. The van der Waals surface area contributed by atoms with Crippen molar-refractivity contribution in [1.29, 1.82) is 2.25 Å². The van der Waals surface area contributed by atoms with Crippen molar-refractivity contribution in [2.24, 2.45) is 0 Å². The molecule has 6 rings (SSSR count). The van der Waals surface area contributed by atoms with E-state index in [-0.39, 0.29) is 117 Å². The number of methoxy groups -OCH3 is 1. The molecule has 0 spiro atoms. The molecular weight excluding hydrogens is 953 g/mol. The van der Waals surface area contributed by atoms with Crippen LogP contribution in [0, 0.1) is 0 Å². The van der Waals surface area contributed by atoms with Crippen LogP contribution in [0.25, 0.3) is 0 Å². The number of aliphatic hydroxyl groups is 1. The van der Waals surface area contributed by atoms with Gasteiger partial charge in [0.15, 0.2) is 0 Å². The molecule has 0 aliphatic carbocycles. The number of imide groups is 8. The smallest absolute Gasteiger partial charge is 0.452 e. The van der Waals surface area contributed by atoms with Crippen molar-refractivity contribution in [3.8, 4) is 0 Å². The Hall–Kier alpha value is -6.18. The summed E-state index contributed by atoms with van der Waals surface area (Å²) in [7, 11) is 2.13. The second kappa shape index (κ2) is 35.1. The van der Waals surface area contributed by atoms with E-state index in [0.717, 1.165) is 39.3 Å². The van der Waals surface area contributed by atoms with Crippen LogP contribution in [0.1, 0.15) is 91.9 Å². The average molecular weight is 1010 g/mol. The van der Waals surface area contributed by atoms with Gasteiger partial charge in [0.2, 0.25) is 11.8 Å². The van der Waals surface area contributed by atoms with Crippen molar-refractivity contribution in [3.63, 3.8) is 0 Å². The molecule has 0 atom stereocenters. The number of ether oxygens (including phenoxy) is 1. The summed E-state index contributed by atoms with van der Waals surface area (Å²) < 4.78 is 16.5. The van der Waals surface area contributed by atoms with Crippen molar-refractivity contribution < 1.29 is 106 Å². The topological polar surface area (TPSA) is 362 Å². The van der Waals surface area contributed by atoms with E-state index >= 15 is 0 Å². The fourth-order valence-corrected chi connectivity index (χ4v) is 4.40. The Kier molecular flexibility index (Phi) is 32.9. The molecule has 28 nitrogen and oxygen atoms in total. The van der Waals surface area contributed by atoms with Gasteiger partial charge in [-0.25, -0.2) is 4.79 Å². The molecule has 66 heavy (non-hydrogen) atoms. The fraction of sp³-hybridized carbons (Fsp3) is 0.571. The Morgan fingerprint density at radius 2 is 0.636 bits per heavy atom. The van der Waals surface area contributed by atoms with Gasteiger partial charge in [-0.05, 0) is 25.0 Å². The predicted molar refractivity (Wildman–Crippen MR) is 227 cm³/mol.